The fourth-order valence-corrected chi connectivity index (χ4v) is 1.94. The summed E-state index contributed by atoms with van der Waals surface area (Å²) in [4.78, 5) is 14.8. The van der Waals surface area contributed by atoms with E-state index in [9.17, 15) is 4.79 Å². The highest BCUT2D eigenvalue weighted by molar-refractivity contribution is 6.30. The molecule has 2 rings (SSSR count). The van der Waals surface area contributed by atoms with Gasteiger partial charge in [-0.15, -0.1) is 0 Å². The van der Waals surface area contributed by atoms with Gasteiger partial charge in [-0.2, -0.15) is 5.10 Å². The number of hydrogen-bond donors (Lipinski definition) is 1. The van der Waals surface area contributed by atoms with Gasteiger partial charge in [-0.25, -0.2) is 14.5 Å². The van der Waals surface area contributed by atoms with Crippen LogP contribution in [0.2, 0.25) is 5.02 Å². The second kappa shape index (κ2) is 5.24. The van der Waals surface area contributed by atoms with Gasteiger partial charge in [0.2, 0.25) is 0 Å². The van der Waals surface area contributed by atoms with Gasteiger partial charge < -0.3 is 5.11 Å². The molecule has 1 N–H and O–H groups in total. The lowest BCUT2D eigenvalue weighted by Crippen LogP contribution is -2.02. The second-order valence-electron chi connectivity index (χ2n) is 3.99. The molecule has 0 amide bonds. The zero-order valence-electron chi connectivity index (χ0n) is 10.5. The van der Waals surface area contributed by atoms with Crippen molar-refractivity contribution in [3.63, 3.8) is 0 Å². The van der Waals surface area contributed by atoms with Gasteiger partial charge in [-0.05, 0) is 38.1 Å². The monoisotopic (exact) mass is 277 g/mol. The smallest absolute Gasteiger partial charge is 0.328 e. The Morgan fingerprint density at radius 3 is 2.74 bits per heavy atom. The Balaban J connectivity index is 2.57. The van der Waals surface area contributed by atoms with E-state index in [-0.39, 0.29) is 0 Å². The first-order valence-corrected chi connectivity index (χ1v) is 5.96. The molecule has 0 saturated heterocycles. The number of benzene rings is 1. The number of carboxylic acids is 1. The van der Waals surface area contributed by atoms with Gasteiger partial charge in [-0.3, -0.25) is 0 Å². The third kappa shape index (κ3) is 3.00. The Morgan fingerprint density at radius 2 is 2.16 bits per heavy atom. The van der Waals surface area contributed by atoms with Gasteiger partial charge in [0.05, 0.1) is 5.69 Å². The second-order valence-corrected chi connectivity index (χ2v) is 4.43. The highest BCUT2D eigenvalue weighted by Gasteiger charge is 2.09. The van der Waals surface area contributed by atoms with Gasteiger partial charge in [0.25, 0.3) is 0 Å². The van der Waals surface area contributed by atoms with E-state index < -0.39 is 5.97 Å². The predicted molar refractivity (Wildman–Crippen MR) is 72.5 cm³/mol. The zero-order valence-corrected chi connectivity index (χ0v) is 11.2. The van der Waals surface area contributed by atoms with E-state index in [2.05, 4.69) is 10.1 Å². The van der Waals surface area contributed by atoms with Crippen LogP contribution in [-0.4, -0.2) is 25.8 Å². The van der Waals surface area contributed by atoms with Crippen molar-refractivity contribution in [1.29, 1.82) is 0 Å². The summed E-state index contributed by atoms with van der Waals surface area (Å²) in [7, 11) is 0. The van der Waals surface area contributed by atoms with Crippen LogP contribution in [0.1, 0.15) is 17.2 Å². The standard InChI is InChI=1S/C13H12ClN3O2/c1-8-15-9(2)17(16-8)12-5-4-11(14)7-10(12)3-6-13(18)19/h3-7H,1-2H3,(H,18,19)/b6-3+. The molecule has 0 saturated carbocycles. The summed E-state index contributed by atoms with van der Waals surface area (Å²) in [6.07, 6.45) is 2.55. The van der Waals surface area contributed by atoms with E-state index in [0.717, 1.165) is 17.6 Å². The molecule has 19 heavy (non-hydrogen) atoms. The van der Waals surface area contributed by atoms with E-state index in [0.29, 0.717) is 16.4 Å². The molecule has 2 aromatic rings. The van der Waals surface area contributed by atoms with Gasteiger partial charge in [0.1, 0.15) is 11.6 Å². The Labute approximate surface area is 115 Å². The Hall–Kier alpha value is -2.14. The summed E-state index contributed by atoms with van der Waals surface area (Å²) >= 11 is 5.94. The molecule has 0 spiro atoms. The number of rotatable bonds is 3. The van der Waals surface area contributed by atoms with E-state index in [1.54, 1.807) is 29.8 Å². The minimum absolute atomic E-state index is 0.531. The minimum atomic E-state index is -1.02. The van der Waals surface area contributed by atoms with Crippen LogP contribution in [0.25, 0.3) is 11.8 Å². The van der Waals surface area contributed by atoms with Crippen LogP contribution in [0, 0.1) is 13.8 Å². The van der Waals surface area contributed by atoms with Crippen LogP contribution >= 0.6 is 11.6 Å². The molecular weight excluding hydrogens is 266 g/mol. The number of aromatic nitrogens is 3. The topological polar surface area (TPSA) is 68.0 Å². The quantitative estimate of drug-likeness (QED) is 0.876. The lowest BCUT2D eigenvalue weighted by Gasteiger charge is -2.07. The van der Waals surface area contributed by atoms with Crippen LogP contribution in [0.4, 0.5) is 0 Å². The molecule has 0 unspecified atom stereocenters. The number of nitrogens with zero attached hydrogens (tertiary/aromatic N) is 3. The van der Waals surface area contributed by atoms with Crippen molar-refractivity contribution in [2.45, 2.75) is 13.8 Å². The maximum absolute atomic E-state index is 10.6. The number of aliphatic carboxylic acids is 1. The lowest BCUT2D eigenvalue weighted by molar-refractivity contribution is -0.131. The van der Waals surface area contributed by atoms with Gasteiger partial charge >= 0.3 is 5.97 Å². The third-order valence-electron chi connectivity index (χ3n) is 2.50. The van der Waals surface area contributed by atoms with Gasteiger partial charge in [-0.1, -0.05) is 11.6 Å². The molecule has 0 radical (unpaired) electrons. The summed E-state index contributed by atoms with van der Waals surface area (Å²) in [6.45, 7) is 3.63. The average molecular weight is 278 g/mol. The summed E-state index contributed by atoms with van der Waals surface area (Å²) in [6, 6.07) is 5.20. The predicted octanol–water partition coefficient (Wildman–Crippen LogP) is 2.64. The molecular formula is C13H12ClN3O2. The summed E-state index contributed by atoms with van der Waals surface area (Å²) in [5.74, 6) is 0.364. The largest absolute Gasteiger partial charge is 0.478 e. The fourth-order valence-electron chi connectivity index (χ4n) is 1.76. The molecule has 5 nitrogen and oxygen atoms in total. The molecule has 0 fully saturated rings. The molecule has 1 aromatic carbocycles. The number of carbonyl (C=O) groups is 1. The maximum atomic E-state index is 10.6. The van der Waals surface area contributed by atoms with Gasteiger partial charge in [0.15, 0.2) is 0 Å². The Bertz CT molecular complexity index is 662. The van der Waals surface area contributed by atoms with E-state index in [1.807, 2.05) is 6.92 Å². The number of hydrogen-bond acceptors (Lipinski definition) is 3. The van der Waals surface area contributed by atoms with Crippen LogP contribution < -0.4 is 0 Å². The molecule has 6 heteroatoms. The molecule has 1 heterocycles. The van der Waals surface area contributed by atoms with Crippen LogP contribution in [0.15, 0.2) is 24.3 Å². The highest BCUT2D eigenvalue weighted by Crippen LogP contribution is 2.21. The van der Waals surface area contributed by atoms with Crippen molar-refractivity contribution in [2.75, 3.05) is 0 Å². The van der Waals surface area contributed by atoms with Crippen molar-refractivity contribution in [3.05, 3.63) is 46.5 Å². The normalized spacial score (nSPS) is 11.1. The van der Waals surface area contributed by atoms with Crippen LogP contribution in [0.3, 0.4) is 0 Å². The molecule has 0 aliphatic rings. The van der Waals surface area contributed by atoms with Gasteiger partial charge in [0, 0.05) is 16.7 Å². The van der Waals surface area contributed by atoms with Crippen molar-refractivity contribution < 1.29 is 9.90 Å². The van der Waals surface area contributed by atoms with Crippen LogP contribution in [-0.2, 0) is 4.79 Å². The maximum Gasteiger partial charge on any atom is 0.328 e. The average Bonchev–Trinajstić information content (AvgIpc) is 2.66. The fraction of sp³-hybridized carbons (Fsp3) is 0.154. The Morgan fingerprint density at radius 1 is 1.42 bits per heavy atom. The molecule has 98 valence electrons. The molecule has 1 aromatic heterocycles. The first kappa shape index (κ1) is 13.3. The van der Waals surface area contributed by atoms with E-state index >= 15 is 0 Å². The van der Waals surface area contributed by atoms with Crippen molar-refractivity contribution in [2.24, 2.45) is 0 Å². The number of carboxylic acid groups (broad SMARTS) is 1. The number of halogens is 1. The van der Waals surface area contributed by atoms with Crippen LogP contribution in [0.5, 0.6) is 0 Å². The molecule has 0 bridgehead atoms. The first-order valence-electron chi connectivity index (χ1n) is 5.58. The van der Waals surface area contributed by atoms with Crippen molar-refractivity contribution in [1.82, 2.24) is 14.8 Å². The van der Waals surface area contributed by atoms with E-state index in [1.165, 1.54) is 6.08 Å². The zero-order chi connectivity index (χ0) is 14.0. The highest BCUT2D eigenvalue weighted by atomic mass is 35.5. The van der Waals surface area contributed by atoms with E-state index in [4.69, 9.17) is 16.7 Å². The van der Waals surface area contributed by atoms with Crippen molar-refractivity contribution >= 4 is 23.6 Å². The summed E-state index contributed by atoms with van der Waals surface area (Å²) in [5, 5.41) is 13.5. The lowest BCUT2D eigenvalue weighted by atomic mass is 10.1. The molecule has 0 atom stereocenters. The number of aryl methyl sites for hydroxylation is 2. The summed E-state index contributed by atoms with van der Waals surface area (Å²) in [5.41, 5.74) is 1.41. The van der Waals surface area contributed by atoms with Crippen molar-refractivity contribution in [3.8, 4) is 5.69 Å². The molecule has 0 aliphatic heterocycles. The minimum Gasteiger partial charge on any atom is -0.478 e. The summed E-state index contributed by atoms with van der Waals surface area (Å²) < 4.78 is 1.66. The Kier molecular flexibility index (Phi) is 3.66. The first-order chi connectivity index (χ1) is 8.97. The molecule has 0 aliphatic carbocycles. The third-order valence-corrected chi connectivity index (χ3v) is 2.73. The SMILES string of the molecule is Cc1nc(C)n(-c2ccc(Cl)cc2/C=C/C(=O)O)n1.